The van der Waals surface area contributed by atoms with Gasteiger partial charge in [-0.3, -0.25) is 4.79 Å². The van der Waals surface area contributed by atoms with Gasteiger partial charge in [-0.25, -0.2) is 4.79 Å². The van der Waals surface area contributed by atoms with Crippen LogP contribution in [0.25, 0.3) is 0 Å². The zero-order valence-corrected chi connectivity index (χ0v) is 13.0. The molecule has 4 rings (SSSR count). The molecule has 2 heterocycles. The van der Waals surface area contributed by atoms with Gasteiger partial charge in [-0.2, -0.15) is 0 Å². The van der Waals surface area contributed by atoms with Crippen LogP contribution < -0.4 is 5.32 Å². The quantitative estimate of drug-likeness (QED) is 0.516. The Balaban J connectivity index is 1.57. The SMILES string of the molecule is CC1=C(C)[C@H](O/C=C2\C(=O)O[C@@H]3c4ccccc4C[C@H]23)NC1=O. The molecular weight excluding hydrogens is 294 g/mol. The summed E-state index contributed by atoms with van der Waals surface area (Å²) in [5, 5.41) is 2.74. The van der Waals surface area contributed by atoms with Gasteiger partial charge in [0.25, 0.3) is 0 Å². The van der Waals surface area contributed by atoms with Gasteiger partial charge in [-0.05, 0) is 37.0 Å². The summed E-state index contributed by atoms with van der Waals surface area (Å²) >= 11 is 0. The van der Waals surface area contributed by atoms with Crippen LogP contribution in [0, 0.1) is 5.92 Å². The molecule has 1 aromatic carbocycles. The van der Waals surface area contributed by atoms with Crippen molar-refractivity contribution in [2.24, 2.45) is 5.92 Å². The number of ether oxygens (including phenoxy) is 2. The highest BCUT2D eigenvalue weighted by Crippen LogP contribution is 2.47. The first-order valence-electron chi connectivity index (χ1n) is 7.69. The second-order valence-electron chi connectivity index (χ2n) is 6.21. The number of hydrogen-bond acceptors (Lipinski definition) is 4. The Hall–Kier alpha value is -2.56. The smallest absolute Gasteiger partial charge is 0.338 e. The third kappa shape index (κ3) is 2.07. The average molecular weight is 311 g/mol. The van der Waals surface area contributed by atoms with E-state index in [9.17, 15) is 9.59 Å². The van der Waals surface area contributed by atoms with E-state index in [0.717, 1.165) is 17.6 Å². The Kier molecular flexibility index (Phi) is 3.04. The molecule has 5 nitrogen and oxygen atoms in total. The number of fused-ring (bicyclic) bond motifs is 3. The standard InChI is InChI=1S/C18H17NO4/c1-9-10(2)17(19-16(9)20)22-8-14-13-7-11-5-3-4-6-12(11)15(13)23-18(14)21/h3-6,8,13,15,17H,7H2,1-2H3,(H,19,20)/b14-8-/t13-,15-,17+/m1/s1. The maximum Gasteiger partial charge on any atom is 0.338 e. The van der Waals surface area contributed by atoms with Crippen LogP contribution in [0.1, 0.15) is 31.1 Å². The molecule has 118 valence electrons. The van der Waals surface area contributed by atoms with Gasteiger partial charge in [0, 0.05) is 11.5 Å². The van der Waals surface area contributed by atoms with Crippen LogP contribution in [-0.2, 0) is 25.5 Å². The molecular formula is C18H17NO4. The van der Waals surface area contributed by atoms with Gasteiger partial charge >= 0.3 is 5.97 Å². The highest BCUT2D eigenvalue weighted by molar-refractivity contribution is 5.96. The van der Waals surface area contributed by atoms with E-state index in [4.69, 9.17) is 9.47 Å². The van der Waals surface area contributed by atoms with E-state index in [0.29, 0.717) is 11.1 Å². The minimum absolute atomic E-state index is 0.0117. The molecule has 2 aliphatic heterocycles. The number of carbonyl (C=O) groups is 2. The molecule has 0 saturated carbocycles. The van der Waals surface area contributed by atoms with Crippen molar-refractivity contribution in [3.63, 3.8) is 0 Å². The predicted molar refractivity (Wildman–Crippen MR) is 81.9 cm³/mol. The van der Waals surface area contributed by atoms with Crippen LogP contribution in [0.15, 0.2) is 47.2 Å². The summed E-state index contributed by atoms with van der Waals surface area (Å²) in [5.74, 6) is -0.481. The van der Waals surface area contributed by atoms with E-state index >= 15 is 0 Å². The lowest BCUT2D eigenvalue weighted by molar-refractivity contribution is -0.139. The van der Waals surface area contributed by atoms with Crippen molar-refractivity contribution in [2.75, 3.05) is 0 Å². The first-order chi connectivity index (χ1) is 11.1. The van der Waals surface area contributed by atoms with E-state index < -0.39 is 6.23 Å². The van der Waals surface area contributed by atoms with Crippen molar-refractivity contribution < 1.29 is 19.1 Å². The fourth-order valence-corrected chi connectivity index (χ4v) is 3.44. The highest BCUT2D eigenvalue weighted by Gasteiger charge is 2.46. The summed E-state index contributed by atoms with van der Waals surface area (Å²) in [6.07, 6.45) is 1.51. The summed E-state index contributed by atoms with van der Waals surface area (Å²) in [6, 6.07) is 8.02. The number of esters is 1. The lowest BCUT2D eigenvalue weighted by Gasteiger charge is -2.13. The molecule has 1 amide bonds. The zero-order chi connectivity index (χ0) is 16.1. The van der Waals surface area contributed by atoms with Crippen LogP contribution in [0.5, 0.6) is 0 Å². The second kappa shape index (κ2) is 4.98. The first-order valence-corrected chi connectivity index (χ1v) is 7.69. The molecule has 1 saturated heterocycles. The van der Waals surface area contributed by atoms with Gasteiger partial charge in [-0.15, -0.1) is 0 Å². The number of amides is 1. The second-order valence-corrected chi connectivity index (χ2v) is 6.21. The minimum Gasteiger partial charge on any atom is -0.474 e. The molecule has 23 heavy (non-hydrogen) atoms. The van der Waals surface area contributed by atoms with E-state index in [2.05, 4.69) is 11.4 Å². The van der Waals surface area contributed by atoms with Crippen molar-refractivity contribution in [2.45, 2.75) is 32.6 Å². The summed E-state index contributed by atoms with van der Waals surface area (Å²) < 4.78 is 11.2. The van der Waals surface area contributed by atoms with Crippen LogP contribution in [-0.4, -0.2) is 18.1 Å². The molecule has 1 aromatic rings. The molecule has 0 bridgehead atoms. The average Bonchev–Trinajstić information content (AvgIpc) is 3.12. The molecule has 1 aliphatic carbocycles. The molecule has 3 atom stereocenters. The Labute approximate surface area is 134 Å². The van der Waals surface area contributed by atoms with Crippen molar-refractivity contribution in [3.05, 3.63) is 58.4 Å². The minimum atomic E-state index is -0.509. The van der Waals surface area contributed by atoms with Gasteiger partial charge in [-0.1, -0.05) is 24.3 Å². The summed E-state index contributed by atoms with van der Waals surface area (Å²) in [4.78, 5) is 23.8. The molecule has 0 aromatic heterocycles. The van der Waals surface area contributed by atoms with E-state index in [1.165, 1.54) is 11.8 Å². The molecule has 0 unspecified atom stereocenters. The van der Waals surface area contributed by atoms with Gasteiger partial charge in [0.2, 0.25) is 5.91 Å². The van der Waals surface area contributed by atoms with Crippen LogP contribution in [0.3, 0.4) is 0 Å². The predicted octanol–water partition coefficient (Wildman–Crippen LogP) is 2.15. The molecule has 3 aliphatic rings. The molecule has 0 radical (unpaired) electrons. The maximum absolute atomic E-state index is 12.1. The monoisotopic (exact) mass is 311 g/mol. The fourth-order valence-electron chi connectivity index (χ4n) is 3.44. The number of hydrogen-bond donors (Lipinski definition) is 1. The van der Waals surface area contributed by atoms with Crippen LogP contribution in [0.4, 0.5) is 0 Å². The fraction of sp³-hybridized carbons (Fsp3) is 0.333. The van der Waals surface area contributed by atoms with Gasteiger partial charge in [0.1, 0.15) is 6.10 Å². The Morgan fingerprint density at radius 1 is 1.26 bits per heavy atom. The lowest BCUT2D eigenvalue weighted by atomic mass is 9.98. The number of benzene rings is 1. The van der Waals surface area contributed by atoms with Crippen molar-refractivity contribution in [3.8, 4) is 0 Å². The van der Waals surface area contributed by atoms with Gasteiger partial charge in [0.15, 0.2) is 6.23 Å². The van der Waals surface area contributed by atoms with E-state index in [1.54, 1.807) is 6.92 Å². The molecule has 1 N–H and O–H groups in total. The Morgan fingerprint density at radius 2 is 2.04 bits per heavy atom. The third-order valence-electron chi connectivity index (χ3n) is 4.95. The summed E-state index contributed by atoms with van der Waals surface area (Å²) in [5.41, 5.74) is 4.33. The van der Waals surface area contributed by atoms with Crippen molar-refractivity contribution in [1.29, 1.82) is 0 Å². The lowest BCUT2D eigenvalue weighted by Crippen LogP contribution is -2.29. The zero-order valence-electron chi connectivity index (χ0n) is 13.0. The first kappa shape index (κ1) is 14.1. The van der Waals surface area contributed by atoms with Gasteiger partial charge in [0.05, 0.1) is 11.8 Å². The molecule has 1 fully saturated rings. The van der Waals surface area contributed by atoms with Crippen LogP contribution >= 0.6 is 0 Å². The van der Waals surface area contributed by atoms with Gasteiger partial charge < -0.3 is 14.8 Å². The van der Waals surface area contributed by atoms with Crippen LogP contribution in [0.2, 0.25) is 0 Å². The molecule has 0 spiro atoms. The normalized spacial score (nSPS) is 30.3. The van der Waals surface area contributed by atoms with E-state index in [-0.39, 0.29) is 23.9 Å². The summed E-state index contributed by atoms with van der Waals surface area (Å²) in [6.45, 7) is 3.60. The topological polar surface area (TPSA) is 64.6 Å². The van der Waals surface area contributed by atoms with E-state index in [1.807, 2.05) is 25.1 Å². The van der Waals surface area contributed by atoms with Crippen molar-refractivity contribution >= 4 is 11.9 Å². The number of rotatable bonds is 2. The highest BCUT2D eigenvalue weighted by atomic mass is 16.6. The third-order valence-corrected chi connectivity index (χ3v) is 4.95. The maximum atomic E-state index is 12.1. The Morgan fingerprint density at radius 3 is 2.78 bits per heavy atom. The number of carbonyl (C=O) groups excluding carboxylic acids is 2. The largest absolute Gasteiger partial charge is 0.474 e. The Bertz CT molecular complexity index is 777. The molecule has 5 heteroatoms. The number of nitrogens with one attached hydrogen (secondary N) is 1. The van der Waals surface area contributed by atoms with Crippen molar-refractivity contribution in [1.82, 2.24) is 5.32 Å². The summed E-state index contributed by atoms with van der Waals surface area (Å²) in [7, 11) is 0.